The van der Waals surface area contributed by atoms with Gasteiger partial charge in [-0.2, -0.15) is 4.98 Å². The molecule has 1 aliphatic heterocycles. The molecule has 0 spiro atoms. The van der Waals surface area contributed by atoms with E-state index < -0.39 is 6.35 Å². The first-order chi connectivity index (χ1) is 11.8. The summed E-state index contributed by atoms with van der Waals surface area (Å²) in [7, 11) is 1.70. The number of ether oxygens (including phenoxy) is 1. The number of amides is 1. The van der Waals surface area contributed by atoms with Gasteiger partial charge in [0.25, 0.3) is 11.9 Å². The minimum absolute atomic E-state index is 0.0403. The van der Waals surface area contributed by atoms with Gasteiger partial charge in [0, 0.05) is 26.7 Å². The highest BCUT2D eigenvalue weighted by molar-refractivity contribution is 5.99. The molecule has 0 aliphatic carbocycles. The van der Waals surface area contributed by atoms with Crippen LogP contribution < -0.4 is 9.64 Å². The lowest BCUT2D eigenvalue weighted by Crippen LogP contribution is -2.54. The summed E-state index contributed by atoms with van der Waals surface area (Å²) in [6.45, 7) is 8.92. The Morgan fingerprint density at radius 3 is 2.48 bits per heavy atom. The molecule has 2 rings (SSSR count). The molecule has 0 bridgehead atoms. The Kier molecular flexibility index (Phi) is 6.29. The van der Waals surface area contributed by atoms with Gasteiger partial charge in [-0.1, -0.05) is 13.8 Å². The summed E-state index contributed by atoms with van der Waals surface area (Å²) in [6, 6.07) is 0.400. The number of nitrogens with zero attached hydrogens (tertiary/aromatic N) is 4. The van der Waals surface area contributed by atoms with Crippen LogP contribution in [0.2, 0.25) is 0 Å². The standard InChI is InChI=1S/C17H30N4O4/c1-11(2)7-9-20-13-14(18-16(20)25-12(3)4)19(5)17(24)21(15(13)23)8-6-10-22/h11-12,17,22,24H,6-10H2,1-5H3. The molecule has 1 amide bonds. The second-order valence-corrected chi connectivity index (χ2v) is 7.10. The Hall–Kier alpha value is -1.80. The quantitative estimate of drug-likeness (QED) is 0.730. The molecule has 0 fully saturated rings. The van der Waals surface area contributed by atoms with Gasteiger partial charge >= 0.3 is 0 Å². The largest absolute Gasteiger partial charge is 0.462 e. The van der Waals surface area contributed by atoms with Crippen molar-refractivity contribution in [1.29, 1.82) is 0 Å². The molecule has 0 aromatic carbocycles. The van der Waals surface area contributed by atoms with Crippen LogP contribution in [-0.4, -0.2) is 63.2 Å². The Bertz CT molecular complexity index is 600. The first-order valence-electron chi connectivity index (χ1n) is 8.87. The van der Waals surface area contributed by atoms with Crippen LogP contribution >= 0.6 is 0 Å². The fourth-order valence-corrected chi connectivity index (χ4v) is 2.79. The molecule has 0 radical (unpaired) electrons. The van der Waals surface area contributed by atoms with Crippen LogP contribution in [-0.2, 0) is 6.54 Å². The summed E-state index contributed by atoms with van der Waals surface area (Å²) in [5.41, 5.74) is 0.432. The van der Waals surface area contributed by atoms with E-state index in [0.717, 1.165) is 6.42 Å². The molecule has 0 saturated carbocycles. The first-order valence-corrected chi connectivity index (χ1v) is 8.87. The van der Waals surface area contributed by atoms with E-state index in [1.165, 1.54) is 4.90 Å². The Morgan fingerprint density at radius 2 is 1.92 bits per heavy atom. The van der Waals surface area contributed by atoms with E-state index in [2.05, 4.69) is 18.8 Å². The molecule has 142 valence electrons. The summed E-state index contributed by atoms with van der Waals surface area (Å²) in [5, 5.41) is 19.5. The molecule has 2 N–H and O–H groups in total. The number of fused-ring (bicyclic) bond motifs is 1. The first kappa shape index (κ1) is 19.5. The number of anilines is 1. The van der Waals surface area contributed by atoms with Gasteiger partial charge in [-0.05, 0) is 32.6 Å². The lowest BCUT2D eigenvalue weighted by Gasteiger charge is -2.38. The van der Waals surface area contributed by atoms with Crippen LogP contribution in [0, 0.1) is 5.92 Å². The number of imidazole rings is 1. The van der Waals surface area contributed by atoms with Gasteiger partial charge in [0.05, 0.1) is 6.10 Å². The van der Waals surface area contributed by atoms with Crippen molar-refractivity contribution in [2.75, 3.05) is 25.1 Å². The van der Waals surface area contributed by atoms with Crippen molar-refractivity contribution in [1.82, 2.24) is 14.5 Å². The number of aliphatic hydroxyl groups is 2. The van der Waals surface area contributed by atoms with E-state index in [1.807, 2.05) is 18.4 Å². The second-order valence-electron chi connectivity index (χ2n) is 7.10. The van der Waals surface area contributed by atoms with Gasteiger partial charge < -0.3 is 19.8 Å². The number of aliphatic hydroxyl groups excluding tert-OH is 2. The Balaban J connectivity index is 2.45. The van der Waals surface area contributed by atoms with E-state index in [9.17, 15) is 9.90 Å². The molecule has 0 saturated heterocycles. The predicted octanol–water partition coefficient (Wildman–Crippen LogP) is 1.27. The molecular weight excluding hydrogens is 324 g/mol. The number of carbonyl (C=O) groups excluding carboxylic acids is 1. The van der Waals surface area contributed by atoms with Gasteiger partial charge in [0.15, 0.2) is 11.5 Å². The third-order valence-electron chi connectivity index (χ3n) is 4.17. The Morgan fingerprint density at radius 1 is 1.24 bits per heavy atom. The molecule has 25 heavy (non-hydrogen) atoms. The van der Waals surface area contributed by atoms with Crippen molar-refractivity contribution in [3.05, 3.63) is 5.69 Å². The second kappa shape index (κ2) is 8.05. The van der Waals surface area contributed by atoms with Crippen LogP contribution in [0.4, 0.5) is 5.82 Å². The lowest BCUT2D eigenvalue weighted by molar-refractivity contribution is 0.00103. The van der Waals surface area contributed by atoms with E-state index in [-0.39, 0.29) is 25.2 Å². The highest BCUT2D eigenvalue weighted by Crippen LogP contribution is 2.33. The topological polar surface area (TPSA) is 91.1 Å². The maximum absolute atomic E-state index is 13.0. The van der Waals surface area contributed by atoms with Gasteiger partial charge in [-0.3, -0.25) is 14.3 Å². The van der Waals surface area contributed by atoms with Crippen LogP contribution in [0.15, 0.2) is 0 Å². The van der Waals surface area contributed by atoms with Crippen LogP contribution in [0.3, 0.4) is 0 Å². The molecule has 2 heterocycles. The fraction of sp³-hybridized carbons (Fsp3) is 0.765. The number of hydrogen-bond acceptors (Lipinski definition) is 6. The zero-order chi connectivity index (χ0) is 18.7. The lowest BCUT2D eigenvalue weighted by atomic mass is 10.1. The summed E-state index contributed by atoms with van der Waals surface area (Å²) in [6.07, 6.45) is 0.110. The zero-order valence-corrected chi connectivity index (χ0v) is 15.8. The summed E-state index contributed by atoms with van der Waals surface area (Å²) in [5.74, 6) is 0.610. The SMILES string of the molecule is CC(C)CCn1c(OC(C)C)nc2c1C(=O)N(CCCO)C(O)N2C. The molecule has 1 aromatic rings. The van der Waals surface area contributed by atoms with Crippen molar-refractivity contribution < 1.29 is 19.7 Å². The van der Waals surface area contributed by atoms with Crippen molar-refractivity contribution >= 4 is 11.7 Å². The van der Waals surface area contributed by atoms with Crippen molar-refractivity contribution in [3.8, 4) is 6.01 Å². The summed E-state index contributed by atoms with van der Waals surface area (Å²) >= 11 is 0. The van der Waals surface area contributed by atoms with Gasteiger partial charge in [-0.15, -0.1) is 0 Å². The van der Waals surface area contributed by atoms with Crippen LogP contribution in [0.1, 0.15) is 51.0 Å². The molecule has 1 unspecified atom stereocenters. The van der Waals surface area contributed by atoms with Crippen molar-refractivity contribution in [3.63, 3.8) is 0 Å². The van der Waals surface area contributed by atoms with Gasteiger partial charge in [-0.25, -0.2) is 0 Å². The van der Waals surface area contributed by atoms with Gasteiger partial charge in [0.1, 0.15) is 0 Å². The zero-order valence-electron chi connectivity index (χ0n) is 15.8. The summed E-state index contributed by atoms with van der Waals surface area (Å²) < 4.78 is 7.62. The average Bonchev–Trinajstić information content (AvgIpc) is 2.88. The number of carbonyl (C=O) groups is 1. The average molecular weight is 354 g/mol. The van der Waals surface area contributed by atoms with Crippen molar-refractivity contribution in [2.45, 2.75) is 59.5 Å². The molecule has 1 aliphatic rings. The maximum Gasteiger partial charge on any atom is 0.299 e. The number of aromatic nitrogens is 2. The van der Waals surface area contributed by atoms with E-state index in [1.54, 1.807) is 11.9 Å². The third kappa shape index (κ3) is 4.07. The maximum atomic E-state index is 13.0. The predicted molar refractivity (Wildman–Crippen MR) is 94.6 cm³/mol. The minimum atomic E-state index is -1.10. The summed E-state index contributed by atoms with van der Waals surface area (Å²) in [4.78, 5) is 20.4. The highest BCUT2D eigenvalue weighted by atomic mass is 16.5. The van der Waals surface area contributed by atoms with Crippen LogP contribution in [0.5, 0.6) is 6.01 Å². The van der Waals surface area contributed by atoms with E-state index >= 15 is 0 Å². The minimum Gasteiger partial charge on any atom is -0.462 e. The number of hydrogen-bond donors (Lipinski definition) is 2. The molecule has 8 heteroatoms. The van der Waals surface area contributed by atoms with E-state index in [4.69, 9.17) is 9.84 Å². The number of rotatable bonds is 8. The van der Waals surface area contributed by atoms with Crippen LogP contribution in [0.25, 0.3) is 0 Å². The highest BCUT2D eigenvalue weighted by Gasteiger charge is 2.40. The third-order valence-corrected chi connectivity index (χ3v) is 4.17. The van der Waals surface area contributed by atoms with E-state index in [0.29, 0.717) is 36.4 Å². The monoisotopic (exact) mass is 354 g/mol. The molecular formula is C17H30N4O4. The van der Waals surface area contributed by atoms with Gasteiger partial charge in [0.2, 0.25) is 6.35 Å². The molecule has 1 aromatic heterocycles. The smallest absolute Gasteiger partial charge is 0.299 e. The van der Waals surface area contributed by atoms with Crippen molar-refractivity contribution in [2.24, 2.45) is 5.92 Å². The fourth-order valence-electron chi connectivity index (χ4n) is 2.79. The normalized spacial score (nSPS) is 17.6. The Labute approximate surface area is 149 Å². The molecule has 8 nitrogen and oxygen atoms in total. The molecule has 1 atom stereocenters.